The van der Waals surface area contributed by atoms with E-state index >= 15 is 0 Å². The molecule has 28 heavy (non-hydrogen) atoms. The summed E-state index contributed by atoms with van der Waals surface area (Å²) in [4.78, 5) is 7.71. The van der Waals surface area contributed by atoms with Crippen molar-refractivity contribution in [1.29, 1.82) is 0 Å². The van der Waals surface area contributed by atoms with Gasteiger partial charge in [0, 0.05) is 43.3 Å². The van der Waals surface area contributed by atoms with Gasteiger partial charge in [-0.1, -0.05) is 6.92 Å². The molecule has 1 aromatic rings. The van der Waals surface area contributed by atoms with Crippen LogP contribution in [0.1, 0.15) is 39.3 Å². The smallest absolute Gasteiger partial charge is 0.381 e. The molecule has 0 aromatic carbocycles. The highest BCUT2D eigenvalue weighted by Gasteiger charge is 2.39. The van der Waals surface area contributed by atoms with Gasteiger partial charge in [-0.15, -0.1) is 0 Å². The molecule has 0 amide bonds. The van der Waals surface area contributed by atoms with Crippen molar-refractivity contribution in [1.82, 2.24) is 9.88 Å². The number of pyridine rings is 1. The molecule has 5 nitrogen and oxygen atoms in total. The Morgan fingerprint density at radius 2 is 1.82 bits per heavy atom. The highest BCUT2D eigenvalue weighted by molar-refractivity contribution is 5.56. The lowest BCUT2D eigenvalue weighted by Crippen LogP contribution is -2.59. The van der Waals surface area contributed by atoms with Crippen LogP contribution in [0.15, 0.2) is 6.07 Å². The van der Waals surface area contributed by atoms with Gasteiger partial charge in [0.05, 0.1) is 17.9 Å². The number of nitrogens with one attached hydrogen (secondary N) is 1. The number of nitrogens with zero attached hydrogens (tertiary/aromatic N) is 3. The first kappa shape index (κ1) is 21.1. The Labute approximate surface area is 163 Å². The van der Waals surface area contributed by atoms with Crippen molar-refractivity contribution in [3.05, 3.63) is 17.6 Å². The lowest BCUT2D eigenvalue weighted by molar-refractivity contribution is -0.156. The average Bonchev–Trinajstić information content (AvgIpc) is 2.56. The zero-order chi connectivity index (χ0) is 20.6. The monoisotopic (exact) mass is 403 g/mol. The number of anilines is 2. The molecule has 2 heterocycles. The standard InChI is InChI=1S/C19H29F4N5/c1-4-16-17(25-14-5-13(24)6-14)7-15(20)18(26-16)27-8-11(2)28(12(3)9-27)10-19(21,22)23/h7,11-14,25H,4-6,8-10,24H2,1-3H3. The molecule has 1 saturated carbocycles. The number of aromatic nitrogens is 1. The fourth-order valence-electron chi connectivity index (χ4n) is 4.18. The van der Waals surface area contributed by atoms with Gasteiger partial charge in [-0.25, -0.2) is 9.37 Å². The summed E-state index contributed by atoms with van der Waals surface area (Å²) in [5.74, 6) is -0.231. The van der Waals surface area contributed by atoms with Crippen LogP contribution in [0.2, 0.25) is 0 Å². The molecule has 2 fully saturated rings. The highest BCUT2D eigenvalue weighted by atomic mass is 19.4. The van der Waals surface area contributed by atoms with Gasteiger partial charge in [0.15, 0.2) is 11.6 Å². The van der Waals surface area contributed by atoms with Gasteiger partial charge >= 0.3 is 6.18 Å². The SMILES string of the molecule is CCc1nc(N2CC(C)N(CC(F)(F)F)C(C)C2)c(F)cc1NC1CC(N)C1. The molecule has 1 aliphatic carbocycles. The zero-order valence-corrected chi connectivity index (χ0v) is 16.6. The van der Waals surface area contributed by atoms with Crippen LogP contribution in [-0.2, 0) is 6.42 Å². The summed E-state index contributed by atoms with van der Waals surface area (Å²) >= 11 is 0. The van der Waals surface area contributed by atoms with Crippen molar-refractivity contribution in [3.63, 3.8) is 0 Å². The second-order valence-electron chi connectivity index (χ2n) is 8.10. The molecule has 0 spiro atoms. The van der Waals surface area contributed by atoms with Gasteiger partial charge in [-0.2, -0.15) is 13.2 Å². The van der Waals surface area contributed by atoms with E-state index in [2.05, 4.69) is 10.3 Å². The molecule has 2 unspecified atom stereocenters. The molecule has 3 rings (SSSR count). The summed E-state index contributed by atoms with van der Waals surface area (Å²) in [6.45, 7) is 5.08. The molecule has 2 aliphatic rings. The first-order chi connectivity index (χ1) is 13.1. The molecule has 1 aromatic heterocycles. The highest BCUT2D eigenvalue weighted by Crippen LogP contribution is 2.31. The Bertz CT molecular complexity index is 678. The molecule has 2 atom stereocenters. The summed E-state index contributed by atoms with van der Waals surface area (Å²) in [6.07, 6.45) is -1.92. The number of nitrogens with two attached hydrogens (primary N) is 1. The van der Waals surface area contributed by atoms with Crippen molar-refractivity contribution < 1.29 is 17.6 Å². The van der Waals surface area contributed by atoms with Gasteiger partial charge in [0.1, 0.15) is 0 Å². The number of hydrogen-bond donors (Lipinski definition) is 2. The second-order valence-corrected chi connectivity index (χ2v) is 8.10. The molecule has 1 aliphatic heterocycles. The molecular formula is C19H29F4N5. The Morgan fingerprint density at radius 1 is 1.21 bits per heavy atom. The van der Waals surface area contributed by atoms with Gasteiger partial charge in [-0.3, -0.25) is 4.90 Å². The van der Waals surface area contributed by atoms with Crippen molar-refractivity contribution in [3.8, 4) is 0 Å². The lowest BCUT2D eigenvalue weighted by Gasteiger charge is -2.45. The van der Waals surface area contributed by atoms with Crippen molar-refractivity contribution >= 4 is 11.5 Å². The minimum absolute atomic E-state index is 0.190. The third kappa shape index (κ3) is 4.68. The van der Waals surface area contributed by atoms with Crippen LogP contribution in [-0.4, -0.2) is 59.9 Å². The van der Waals surface area contributed by atoms with Crippen LogP contribution in [0.3, 0.4) is 0 Å². The summed E-state index contributed by atoms with van der Waals surface area (Å²) in [6, 6.07) is 1.17. The molecular weight excluding hydrogens is 374 g/mol. The van der Waals surface area contributed by atoms with Crippen LogP contribution >= 0.6 is 0 Å². The van der Waals surface area contributed by atoms with E-state index in [1.165, 1.54) is 11.0 Å². The summed E-state index contributed by atoms with van der Waals surface area (Å²) in [5, 5.41) is 3.32. The maximum atomic E-state index is 14.9. The fourth-order valence-corrected chi connectivity index (χ4v) is 4.18. The lowest BCUT2D eigenvalue weighted by atomic mass is 9.87. The Balaban J connectivity index is 1.76. The normalized spacial score (nSPS) is 28.9. The van der Waals surface area contributed by atoms with Crippen LogP contribution < -0.4 is 16.0 Å². The largest absolute Gasteiger partial charge is 0.401 e. The first-order valence-corrected chi connectivity index (χ1v) is 9.86. The van der Waals surface area contributed by atoms with E-state index in [0.29, 0.717) is 25.2 Å². The van der Waals surface area contributed by atoms with Crippen LogP contribution in [0.5, 0.6) is 0 Å². The molecule has 1 saturated heterocycles. The van der Waals surface area contributed by atoms with Crippen LogP contribution in [0.25, 0.3) is 0 Å². The number of aryl methyl sites for hydroxylation is 1. The third-order valence-electron chi connectivity index (χ3n) is 5.67. The fraction of sp³-hybridized carbons (Fsp3) is 0.737. The number of rotatable bonds is 5. The number of piperazine rings is 1. The Morgan fingerprint density at radius 3 is 2.32 bits per heavy atom. The van der Waals surface area contributed by atoms with E-state index in [9.17, 15) is 17.6 Å². The van der Waals surface area contributed by atoms with E-state index in [1.54, 1.807) is 18.7 Å². The summed E-state index contributed by atoms with van der Waals surface area (Å²) < 4.78 is 53.4. The average molecular weight is 403 g/mol. The number of hydrogen-bond acceptors (Lipinski definition) is 5. The maximum absolute atomic E-state index is 14.9. The number of alkyl halides is 3. The van der Waals surface area contributed by atoms with Crippen molar-refractivity contribution in [2.45, 2.75) is 70.4 Å². The van der Waals surface area contributed by atoms with E-state index in [1.807, 2.05) is 6.92 Å². The predicted molar refractivity (Wildman–Crippen MR) is 102 cm³/mol. The quantitative estimate of drug-likeness (QED) is 0.740. The minimum Gasteiger partial charge on any atom is -0.381 e. The first-order valence-electron chi connectivity index (χ1n) is 9.86. The van der Waals surface area contributed by atoms with Gasteiger partial charge in [-0.05, 0) is 33.1 Å². The zero-order valence-electron chi connectivity index (χ0n) is 16.6. The molecule has 9 heteroatoms. The Hall–Kier alpha value is -1.61. The predicted octanol–water partition coefficient (Wildman–Crippen LogP) is 3.15. The molecule has 158 valence electrons. The van der Waals surface area contributed by atoms with E-state index in [4.69, 9.17) is 5.73 Å². The van der Waals surface area contributed by atoms with E-state index < -0.39 is 18.5 Å². The number of halogens is 4. The summed E-state index contributed by atoms with van der Waals surface area (Å²) in [5.41, 5.74) is 7.25. The second kappa shape index (κ2) is 8.02. The Kier molecular flexibility index (Phi) is 6.05. The maximum Gasteiger partial charge on any atom is 0.401 e. The van der Waals surface area contributed by atoms with E-state index in [-0.39, 0.29) is 30.0 Å². The van der Waals surface area contributed by atoms with Crippen LogP contribution in [0, 0.1) is 5.82 Å². The third-order valence-corrected chi connectivity index (χ3v) is 5.67. The van der Waals surface area contributed by atoms with Crippen molar-refractivity contribution in [2.75, 3.05) is 29.9 Å². The van der Waals surface area contributed by atoms with E-state index in [0.717, 1.165) is 18.5 Å². The topological polar surface area (TPSA) is 57.4 Å². The van der Waals surface area contributed by atoms with Crippen LogP contribution in [0.4, 0.5) is 29.1 Å². The van der Waals surface area contributed by atoms with Gasteiger partial charge in [0.2, 0.25) is 0 Å². The summed E-state index contributed by atoms with van der Waals surface area (Å²) in [7, 11) is 0. The van der Waals surface area contributed by atoms with Gasteiger partial charge < -0.3 is 16.0 Å². The van der Waals surface area contributed by atoms with Gasteiger partial charge in [0.25, 0.3) is 0 Å². The minimum atomic E-state index is -4.25. The molecule has 0 bridgehead atoms. The molecule has 0 radical (unpaired) electrons. The molecule has 3 N–H and O–H groups in total. The van der Waals surface area contributed by atoms with Crippen molar-refractivity contribution in [2.24, 2.45) is 5.73 Å².